The molecule has 0 fully saturated rings. The van der Waals surface area contributed by atoms with Crippen LogP contribution in [-0.2, 0) is 6.42 Å². The van der Waals surface area contributed by atoms with E-state index >= 15 is 0 Å². The molecule has 0 aromatic heterocycles. The molecule has 19 heavy (non-hydrogen) atoms. The maximum absolute atomic E-state index is 13.6. The van der Waals surface area contributed by atoms with Gasteiger partial charge in [-0.05, 0) is 42.8 Å². The molecule has 2 aromatic carbocycles. The zero-order valence-corrected chi connectivity index (χ0v) is 11.7. The van der Waals surface area contributed by atoms with Crippen LogP contribution in [0.4, 0.5) is 4.39 Å². The van der Waals surface area contributed by atoms with E-state index in [2.05, 4.69) is 0 Å². The molecule has 1 nitrogen and oxygen atoms in total. The van der Waals surface area contributed by atoms with Crippen molar-refractivity contribution in [2.24, 2.45) is 0 Å². The van der Waals surface area contributed by atoms with Crippen molar-refractivity contribution in [3.8, 4) is 0 Å². The van der Waals surface area contributed by atoms with Gasteiger partial charge in [-0.3, -0.25) is 4.79 Å². The molecule has 4 heteroatoms. The number of carbonyl (C=O) groups excluding carboxylic acids is 1. The maximum atomic E-state index is 13.6. The third-order valence-corrected chi connectivity index (χ3v) is 3.48. The van der Waals surface area contributed by atoms with E-state index < -0.39 is 5.82 Å². The van der Waals surface area contributed by atoms with Crippen molar-refractivity contribution in [1.82, 2.24) is 0 Å². The minimum atomic E-state index is -0.465. The van der Waals surface area contributed by atoms with Gasteiger partial charge in [0.2, 0.25) is 0 Å². The number of Topliss-reactive ketones (excluding diaryl/α,β-unsaturated/α-hetero) is 1. The predicted molar refractivity (Wildman–Crippen MR) is 75.6 cm³/mol. The Kier molecular flexibility index (Phi) is 4.23. The van der Waals surface area contributed by atoms with Gasteiger partial charge in [-0.2, -0.15) is 0 Å². The number of hydrogen-bond donors (Lipinski definition) is 0. The van der Waals surface area contributed by atoms with Crippen molar-refractivity contribution in [1.29, 1.82) is 0 Å². The molecule has 0 N–H and O–H groups in total. The molecule has 0 atom stereocenters. The number of ketones is 1. The maximum Gasteiger partial charge on any atom is 0.167 e. The number of benzene rings is 2. The van der Waals surface area contributed by atoms with Crippen LogP contribution in [0.3, 0.4) is 0 Å². The molecule has 0 spiro atoms. The minimum absolute atomic E-state index is 0.0615. The summed E-state index contributed by atoms with van der Waals surface area (Å²) in [7, 11) is 0. The Labute approximate surface area is 121 Å². The summed E-state index contributed by atoms with van der Waals surface area (Å²) in [6.45, 7) is 1.79. The van der Waals surface area contributed by atoms with Crippen molar-refractivity contribution in [2.75, 3.05) is 0 Å². The van der Waals surface area contributed by atoms with Gasteiger partial charge in [0.15, 0.2) is 5.78 Å². The van der Waals surface area contributed by atoms with E-state index in [1.165, 1.54) is 12.1 Å². The summed E-state index contributed by atoms with van der Waals surface area (Å²) in [5, 5.41) is 0.831. The molecule has 0 radical (unpaired) electrons. The number of hydrogen-bond acceptors (Lipinski definition) is 1. The second-order valence-corrected chi connectivity index (χ2v) is 5.10. The highest BCUT2D eigenvalue weighted by Gasteiger charge is 2.15. The first-order valence-corrected chi connectivity index (χ1v) is 6.47. The third kappa shape index (κ3) is 3.14. The molecule has 0 amide bonds. The van der Waals surface area contributed by atoms with Gasteiger partial charge in [0.05, 0.1) is 0 Å². The molecule has 2 aromatic rings. The van der Waals surface area contributed by atoms with E-state index in [1.54, 1.807) is 31.2 Å². The molecular formula is C15H11Cl2FO. The fraction of sp³-hybridized carbons (Fsp3) is 0.133. The molecular weight excluding hydrogens is 286 g/mol. The van der Waals surface area contributed by atoms with Crippen LogP contribution in [-0.4, -0.2) is 5.78 Å². The van der Waals surface area contributed by atoms with Crippen LogP contribution in [0.15, 0.2) is 36.4 Å². The molecule has 0 unspecified atom stereocenters. The largest absolute Gasteiger partial charge is 0.294 e. The van der Waals surface area contributed by atoms with Gasteiger partial charge < -0.3 is 0 Å². The van der Waals surface area contributed by atoms with Gasteiger partial charge in [0.25, 0.3) is 0 Å². The van der Waals surface area contributed by atoms with Gasteiger partial charge in [-0.15, -0.1) is 0 Å². The van der Waals surface area contributed by atoms with Crippen LogP contribution in [0.5, 0.6) is 0 Å². The first-order chi connectivity index (χ1) is 8.99. The van der Waals surface area contributed by atoms with E-state index in [4.69, 9.17) is 23.2 Å². The van der Waals surface area contributed by atoms with Crippen LogP contribution < -0.4 is 0 Å². The minimum Gasteiger partial charge on any atom is -0.294 e. The Morgan fingerprint density at radius 3 is 2.58 bits per heavy atom. The Morgan fingerprint density at radius 1 is 1.21 bits per heavy atom. The summed E-state index contributed by atoms with van der Waals surface area (Å²) in [6.07, 6.45) is -0.0615. The van der Waals surface area contributed by atoms with E-state index in [9.17, 15) is 9.18 Å². The van der Waals surface area contributed by atoms with Gasteiger partial charge >= 0.3 is 0 Å². The lowest BCUT2D eigenvalue weighted by atomic mass is 9.99. The lowest BCUT2D eigenvalue weighted by Crippen LogP contribution is -2.07. The SMILES string of the molecule is Cc1cc(Cl)ccc1C(=O)Cc1c(F)cccc1Cl. The van der Waals surface area contributed by atoms with E-state index in [0.717, 1.165) is 5.56 Å². The third-order valence-electron chi connectivity index (χ3n) is 2.89. The number of rotatable bonds is 3. The van der Waals surface area contributed by atoms with Crippen LogP contribution in [0.2, 0.25) is 10.0 Å². The fourth-order valence-corrected chi connectivity index (χ4v) is 2.35. The molecule has 0 bridgehead atoms. The molecule has 2 rings (SSSR count). The average molecular weight is 297 g/mol. The van der Waals surface area contributed by atoms with Gasteiger partial charge in [-0.1, -0.05) is 29.3 Å². The first-order valence-electron chi connectivity index (χ1n) is 5.71. The summed E-state index contributed by atoms with van der Waals surface area (Å²) < 4.78 is 13.6. The molecule has 0 aliphatic heterocycles. The highest BCUT2D eigenvalue weighted by molar-refractivity contribution is 6.31. The monoisotopic (exact) mass is 296 g/mol. The topological polar surface area (TPSA) is 17.1 Å². The Balaban J connectivity index is 2.31. The summed E-state index contributed by atoms with van der Waals surface area (Å²) in [5.74, 6) is -0.645. The normalized spacial score (nSPS) is 10.5. The van der Waals surface area contributed by atoms with E-state index in [0.29, 0.717) is 10.6 Å². The Hall–Kier alpha value is -1.38. The average Bonchev–Trinajstić information content (AvgIpc) is 2.33. The standard InChI is InChI=1S/C15H11Cl2FO/c1-9-7-10(16)5-6-11(9)15(19)8-12-13(17)3-2-4-14(12)18/h2-7H,8H2,1H3. The second-order valence-electron chi connectivity index (χ2n) is 4.26. The molecule has 0 saturated heterocycles. The van der Waals surface area contributed by atoms with Crippen molar-refractivity contribution in [2.45, 2.75) is 13.3 Å². The quantitative estimate of drug-likeness (QED) is 0.739. The second kappa shape index (κ2) is 5.72. The van der Waals surface area contributed by atoms with E-state index in [-0.39, 0.29) is 22.8 Å². The number of halogens is 3. The zero-order chi connectivity index (χ0) is 14.0. The number of carbonyl (C=O) groups is 1. The van der Waals surface area contributed by atoms with Crippen LogP contribution in [0.25, 0.3) is 0 Å². The first kappa shape index (κ1) is 14.0. The van der Waals surface area contributed by atoms with Crippen LogP contribution in [0.1, 0.15) is 21.5 Å². The summed E-state index contributed by atoms with van der Waals surface area (Å²) in [4.78, 5) is 12.2. The Bertz CT molecular complexity index is 618. The highest BCUT2D eigenvalue weighted by atomic mass is 35.5. The van der Waals surface area contributed by atoms with Crippen LogP contribution in [0, 0.1) is 12.7 Å². The molecule has 0 aliphatic rings. The predicted octanol–water partition coefficient (Wildman–Crippen LogP) is 4.87. The lowest BCUT2D eigenvalue weighted by molar-refractivity contribution is 0.0991. The van der Waals surface area contributed by atoms with Gasteiger partial charge in [-0.25, -0.2) is 4.39 Å². The van der Waals surface area contributed by atoms with Crippen molar-refractivity contribution >= 4 is 29.0 Å². The summed E-state index contributed by atoms with van der Waals surface area (Å²) >= 11 is 11.8. The van der Waals surface area contributed by atoms with Crippen LogP contribution >= 0.6 is 23.2 Å². The van der Waals surface area contributed by atoms with Gasteiger partial charge in [0, 0.05) is 27.6 Å². The lowest BCUT2D eigenvalue weighted by Gasteiger charge is -2.08. The summed E-state index contributed by atoms with van der Waals surface area (Å²) in [6, 6.07) is 9.38. The highest BCUT2D eigenvalue weighted by Crippen LogP contribution is 2.22. The smallest absolute Gasteiger partial charge is 0.167 e. The Morgan fingerprint density at radius 2 is 1.95 bits per heavy atom. The molecule has 0 saturated carbocycles. The molecule has 98 valence electrons. The van der Waals surface area contributed by atoms with Gasteiger partial charge in [0.1, 0.15) is 5.82 Å². The summed E-state index contributed by atoms with van der Waals surface area (Å²) in [5.41, 5.74) is 1.53. The zero-order valence-electron chi connectivity index (χ0n) is 10.2. The molecule has 0 heterocycles. The fourth-order valence-electron chi connectivity index (χ4n) is 1.90. The van der Waals surface area contributed by atoms with E-state index in [1.807, 2.05) is 0 Å². The van der Waals surface area contributed by atoms with Crippen molar-refractivity contribution in [3.05, 3.63) is 69.0 Å². The van der Waals surface area contributed by atoms with Crippen molar-refractivity contribution in [3.63, 3.8) is 0 Å². The van der Waals surface area contributed by atoms with Crippen molar-refractivity contribution < 1.29 is 9.18 Å². The number of aryl methyl sites for hydroxylation is 1. The molecule has 0 aliphatic carbocycles.